The van der Waals surface area contributed by atoms with Crippen molar-refractivity contribution in [2.45, 2.75) is 12.8 Å². The van der Waals surface area contributed by atoms with Crippen LogP contribution in [0.5, 0.6) is 0 Å². The van der Waals surface area contributed by atoms with Gasteiger partial charge in [0, 0.05) is 30.4 Å². The fraction of sp³-hybridized carbons (Fsp3) is 0.286. The number of carbonyl (C=O) groups is 1. The fourth-order valence-electron chi connectivity index (χ4n) is 2.56. The molecule has 1 aliphatic heterocycles. The van der Waals surface area contributed by atoms with Crippen LogP contribution in [0.3, 0.4) is 0 Å². The number of anilines is 1. The van der Waals surface area contributed by atoms with Crippen LogP contribution in [0.4, 0.5) is 5.69 Å². The second kappa shape index (κ2) is 5.03. The van der Waals surface area contributed by atoms with Gasteiger partial charge in [0.2, 0.25) is 5.91 Å². The monoisotopic (exact) mass is 334 g/mol. The van der Waals surface area contributed by atoms with Crippen LogP contribution in [0, 0.1) is 0 Å². The Labute approximate surface area is 125 Å². The highest BCUT2D eigenvalue weighted by atomic mass is 79.9. The molecule has 3 rings (SSSR count). The van der Waals surface area contributed by atoms with E-state index in [2.05, 4.69) is 25.9 Å². The first kappa shape index (κ1) is 13.3. The highest BCUT2D eigenvalue weighted by Gasteiger charge is 2.24. The number of halogens is 1. The maximum Gasteiger partial charge on any atom is 0.231 e. The maximum atomic E-state index is 11.7. The van der Waals surface area contributed by atoms with Crippen molar-refractivity contribution in [2.75, 3.05) is 18.5 Å². The van der Waals surface area contributed by atoms with E-state index in [0.717, 1.165) is 34.6 Å². The molecule has 2 heterocycles. The number of H-pyrrole nitrogens is 1. The maximum absolute atomic E-state index is 11.7. The van der Waals surface area contributed by atoms with E-state index in [1.165, 1.54) is 0 Å². The number of aromatic amines is 1. The zero-order chi connectivity index (χ0) is 14.3. The molecule has 0 fully saturated rings. The van der Waals surface area contributed by atoms with E-state index >= 15 is 0 Å². The van der Waals surface area contributed by atoms with Gasteiger partial charge < -0.3 is 15.6 Å². The topological polar surface area (TPSA) is 75.0 Å². The molecule has 1 aliphatic rings. The van der Waals surface area contributed by atoms with Crippen molar-refractivity contribution >= 4 is 27.5 Å². The predicted molar refractivity (Wildman–Crippen MR) is 81.6 cm³/mol. The second-order valence-electron chi connectivity index (χ2n) is 4.87. The second-order valence-corrected chi connectivity index (χ2v) is 5.62. The summed E-state index contributed by atoms with van der Waals surface area (Å²) in [5.74, 6) is 0.127. The van der Waals surface area contributed by atoms with Gasteiger partial charge in [-0.2, -0.15) is 0 Å². The van der Waals surface area contributed by atoms with Crippen molar-refractivity contribution in [2.24, 2.45) is 5.73 Å². The van der Waals surface area contributed by atoms with Crippen LogP contribution in [-0.4, -0.2) is 29.5 Å². The van der Waals surface area contributed by atoms with E-state index < -0.39 is 0 Å². The number of nitrogens with one attached hydrogen (secondary N) is 1. The number of aromatic nitrogens is 2. The number of benzene rings is 1. The van der Waals surface area contributed by atoms with E-state index in [4.69, 9.17) is 5.73 Å². The zero-order valence-electron chi connectivity index (χ0n) is 11.1. The highest BCUT2D eigenvalue weighted by Crippen LogP contribution is 2.33. The first-order valence-electron chi connectivity index (χ1n) is 6.44. The van der Waals surface area contributed by atoms with Crippen molar-refractivity contribution in [3.8, 4) is 11.3 Å². The lowest BCUT2D eigenvalue weighted by Gasteiger charge is -2.10. The Morgan fingerprint density at radius 1 is 1.50 bits per heavy atom. The molecule has 20 heavy (non-hydrogen) atoms. The molecular weight excluding hydrogens is 320 g/mol. The van der Waals surface area contributed by atoms with Crippen LogP contribution in [0.1, 0.15) is 11.3 Å². The minimum Gasteiger partial charge on any atom is -0.336 e. The number of rotatable bonds is 3. The van der Waals surface area contributed by atoms with E-state index in [1.54, 1.807) is 11.9 Å². The minimum absolute atomic E-state index is 0.127. The molecule has 0 bridgehead atoms. The number of likely N-dealkylation sites (N-methyl/N-ethyl adjacent to an activating group) is 1. The Balaban J connectivity index is 2.04. The highest BCUT2D eigenvalue weighted by molar-refractivity contribution is 9.10. The van der Waals surface area contributed by atoms with Crippen LogP contribution in [0.15, 0.2) is 22.9 Å². The summed E-state index contributed by atoms with van der Waals surface area (Å²) in [5, 5.41) is 0. The normalized spacial score (nSPS) is 13.9. The number of hydrogen-bond acceptors (Lipinski definition) is 3. The van der Waals surface area contributed by atoms with Crippen LogP contribution in [0.25, 0.3) is 11.3 Å². The SMILES string of the molecule is CN1C(=O)Cc2cc(-c3nc(Br)[nH]c3CCN)ccc21. The standard InChI is InChI=1S/C14H15BrN4O/c1-19-11-3-2-8(6-9(11)7-12(19)20)13-10(4-5-16)17-14(15)18-13/h2-3,6H,4-5,7,16H2,1H3,(H,17,18). The summed E-state index contributed by atoms with van der Waals surface area (Å²) < 4.78 is 0.699. The molecule has 3 N–H and O–H groups in total. The molecule has 0 unspecified atom stereocenters. The third kappa shape index (κ3) is 2.14. The number of nitrogens with zero attached hydrogens (tertiary/aromatic N) is 2. The zero-order valence-corrected chi connectivity index (χ0v) is 12.7. The van der Waals surface area contributed by atoms with E-state index in [9.17, 15) is 4.79 Å². The third-order valence-corrected chi connectivity index (χ3v) is 3.95. The molecule has 0 saturated heterocycles. The van der Waals surface area contributed by atoms with Crippen LogP contribution < -0.4 is 10.6 Å². The minimum atomic E-state index is 0.127. The van der Waals surface area contributed by atoms with E-state index in [-0.39, 0.29) is 5.91 Å². The number of imidazole rings is 1. The van der Waals surface area contributed by atoms with Crippen molar-refractivity contribution in [1.29, 1.82) is 0 Å². The molecule has 0 radical (unpaired) electrons. The molecule has 6 heteroatoms. The molecular formula is C14H15BrN4O. The molecule has 0 spiro atoms. The van der Waals surface area contributed by atoms with Gasteiger partial charge in [0.15, 0.2) is 4.73 Å². The molecule has 1 amide bonds. The summed E-state index contributed by atoms with van der Waals surface area (Å²) in [6.45, 7) is 0.563. The van der Waals surface area contributed by atoms with Crippen LogP contribution in [-0.2, 0) is 17.6 Å². The number of nitrogens with two attached hydrogens (primary N) is 1. The molecule has 0 saturated carbocycles. The summed E-state index contributed by atoms with van der Waals surface area (Å²) in [4.78, 5) is 21.1. The smallest absolute Gasteiger partial charge is 0.231 e. The summed E-state index contributed by atoms with van der Waals surface area (Å²) >= 11 is 3.36. The Morgan fingerprint density at radius 2 is 2.30 bits per heavy atom. The number of fused-ring (bicyclic) bond motifs is 1. The van der Waals surface area contributed by atoms with Crippen molar-refractivity contribution in [1.82, 2.24) is 9.97 Å². The molecule has 0 aliphatic carbocycles. The molecule has 104 valence electrons. The van der Waals surface area contributed by atoms with Gasteiger partial charge in [0.05, 0.1) is 12.1 Å². The Kier molecular flexibility index (Phi) is 3.35. The van der Waals surface area contributed by atoms with Crippen molar-refractivity contribution < 1.29 is 4.79 Å². The van der Waals surface area contributed by atoms with Gasteiger partial charge >= 0.3 is 0 Å². The summed E-state index contributed by atoms with van der Waals surface area (Å²) in [6.07, 6.45) is 1.20. The van der Waals surface area contributed by atoms with Gasteiger partial charge in [0.25, 0.3) is 0 Å². The van der Waals surface area contributed by atoms with E-state index in [1.807, 2.05) is 18.2 Å². The Morgan fingerprint density at radius 3 is 3.05 bits per heavy atom. The van der Waals surface area contributed by atoms with Gasteiger partial charge in [-0.3, -0.25) is 4.79 Å². The average Bonchev–Trinajstić information content (AvgIpc) is 2.91. The van der Waals surface area contributed by atoms with Gasteiger partial charge in [0.1, 0.15) is 0 Å². The quantitative estimate of drug-likeness (QED) is 0.899. The molecule has 1 aromatic heterocycles. The van der Waals surface area contributed by atoms with Gasteiger partial charge in [-0.1, -0.05) is 6.07 Å². The predicted octanol–water partition coefficient (Wildman–Crippen LogP) is 1.86. The fourth-order valence-corrected chi connectivity index (χ4v) is 2.98. The number of hydrogen-bond donors (Lipinski definition) is 2. The molecule has 2 aromatic rings. The molecule has 1 aromatic carbocycles. The van der Waals surface area contributed by atoms with Gasteiger partial charge in [-0.15, -0.1) is 0 Å². The van der Waals surface area contributed by atoms with Crippen LogP contribution in [0.2, 0.25) is 0 Å². The summed E-state index contributed by atoms with van der Waals surface area (Å²) in [7, 11) is 1.80. The molecule has 0 atom stereocenters. The van der Waals surface area contributed by atoms with Crippen molar-refractivity contribution in [3.05, 3.63) is 34.2 Å². The first-order valence-corrected chi connectivity index (χ1v) is 7.23. The Hall–Kier alpha value is -1.66. The third-order valence-electron chi connectivity index (χ3n) is 3.57. The number of carbonyl (C=O) groups excluding carboxylic acids is 1. The summed E-state index contributed by atoms with van der Waals surface area (Å²) in [6, 6.07) is 6.01. The Bertz CT molecular complexity index is 680. The van der Waals surface area contributed by atoms with Gasteiger partial charge in [-0.25, -0.2) is 4.98 Å². The lowest BCUT2D eigenvalue weighted by molar-refractivity contribution is -0.117. The largest absolute Gasteiger partial charge is 0.336 e. The molecule has 5 nitrogen and oxygen atoms in total. The van der Waals surface area contributed by atoms with Crippen molar-refractivity contribution in [3.63, 3.8) is 0 Å². The lowest BCUT2D eigenvalue weighted by Crippen LogP contribution is -2.20. The van der Waals surface area contributed by atoms with Gasteiger partial charge in [-0.05, 0) is 40.2 Å². The summed E-state index contributed by atoms with van der Waals surface area (Å²) in [5.41, 5.74) is 10.6. The number of amides is 1. The van der Waals surface area contributed by atoms with Crippen LogP contribution >= 0.6 is 15.9 Å². The lowest BCUT2D eigenvalue weighted by atomic mass is 10.0. The first-order chi connectivity index (χ1) is 9.60. The van der Waals surface area contributed by atoms with E-state index in [0.29, 0.717) is 17.7 Å². The average molecular weight is 335 g/mol.